The Labute approximate surface area is 157 Å². The highest BCUT2D eigenvalue weighted by Crippen LogP contribution is 2.51. The van der Waals surface area contributed by atoms with E-state index in [9.17, 15) is 4.57 Å². The van der Waals surface area contributed by atoms with Crippen LogP contribution in [-0.4, -0.2) is 6.16 Å². The summed E-state index contributed by atoms with van der Waals surface area (Å²) in [6.07, 6.45) is 7.87. The molecule has 4 heteroatoms. The minimum absolute atomic E-state index is 0.331. The third-order valence-electron chi connectivity index (χ3n) is 5.08. The smallest absolute Gasteiger partial charge is 0.304 e. The normalized spacial score (nSPS) is 15.8. The zero-order valence-electron chi connectivity index (χ0n) is 15.4. The van der Waals surface area contributed by atoms with Crippen LogP contribution in [0.2, 0.25) is 0 Å². The van der Waals surface area contributed by atoms with Gasteiger partial charge in [0.25, 0.3) is 0 Å². The predicted molar refractivity (Wildman–Crippen MR) is 106 cm³/mol. The largest absolute Gasteiger partial charge is 0.331 e. The Hall–Kier alpha value is -1.41. The first-order chi connectivity index (χ1) is 12.7. The minimum Gasteiger partial charge on any atom is -0.304 e. The van der Waals surface area contributed by atoms with Crippen LogP contribution < -0.4 is 0 Å². The van der Waals surface area contributed by atoms with Crippen molar-refractivity contribution >= 4 is 7.60 Å². The second-order valence-electron chi connectivity index (χ2n) is 7.15. The third kappa shape index (κ3) is 6.39. The van der Waals surface area contributed by atoms with Gasteiger partial charge in [-0.3, -0.25) is 4.57 Å². The van der Waals surface area contributed by atoms with Gasteiger partial charge in [0.2, 0.25) is 0 Å². The van der Waals surface area contributed by atoms with Crippen molar-refractivity contribution in [2.24, 2.45) is 5.92 Å². The molecule has 2 aromatic rings. The molecule has 0 amide bonds. The van der Waals surface area contributed by atoms with E-state index < -0.39 is 7.60 Å². The summed E-state index contributed by atoms with van der Waals surface area (Å²) in [7, 11) is -3.12. The highest BCUT2D eigenvalue weighted by molar-refractivity contribution is 7.53. The van der Waals surface area contributed by atoms with Crippen LogP contribution >= 0.6 is 7.60 Å². The van der Waals surface area contributed by atoms with Crippen LogP contribution in [0.1, 0.15) is 49.7 Å². The van der Waals surface area contributed by atoms with Gasteiger partial charge in [-0.15, -0.1) is 0 Å². The van der Waals surface area contributed by atoms with Crippen molar-refractivity contribution in [2.75, 3.05) is 6.16 Å². The number of hydrogen-bond acceptors (Lipinski definition) is 3. The highest BCUT2D eigenvalue weighted by atomic mass is 31.2. The second-order valence-corrected chi connectivity index (χ2v) is 9.33. The van der Waals surface area contributed by atoms with Gasteiger partial charge >= 0.3 is 7.60 Å². The van der Waals surface area contributed by atoms with Crippen molar-refractivity contribution in [3.63, 3.8) is 0 Å². The van der Waals surface area contributed by atoms with E-state index in [4.69, 9.17) is 9.05 Å². The molecule has 0 aliphatic heterocycles. The van der Waals surface area contributed by atoms with Crippen molar-refractivity contribution < 1.29 is 13.6 Å². The Kier molecular flexibility index (Phi) is 7.49. The number of benzene rings is 2. The average molecular weight is 372 g/mol. The van der Waals surface area contributed by atoms with Gasteiger partial charge in [-0.25, -0.2) is 0 Å². The second kappa shape index (κ2) is 10.1. The van der Waals surface area contributed by atoms with Gasteiger partial charge in [0.05, 0.1) is 19.4 Å². The van der Waals surface area contributed by atoms with Crippen LogP contribution in [0.25, 0.3) is 0 Å². The summed E-state index contributed by atoms with van der Waals surface area (Å²) in [6, 6.07) is 19.8. The minimum atomic E-state index is -3.12. The first kappa shape index (κ1) is 19.4. The zero-order valence-corrected chi connectivity index (χ0v) is 16.3. The third-order valence-corrected chi connectivity index (χ3v) is 6.93. The molecule has 0 unspecified atom stereocenters. The molecule has 2 aromatic carbocycles. The van der Waals surface area contributed by atoms with Crippen molar-refractivity contribution in [2.45, 2.75) is 51.7 Å². The SMILES string of the molecule is O=P(CCC1CCCCC1)(OCc1ccccc1)OCc1ccccc1. The molecule has 1 saturated carbocycles. The standard InChI is InChI=1S/C22H29O3P/c23-26(17-16-20-10-4-1-5-11-20,24-18-21-12-6-2-7-13-21)25-19-22-14-8-3-9-15-22/h2-3,6-9,12-15,20H,1,4-5,10-11,16-19H2. The molecule has 1 aliphatic rings. The lowest BCUT2D eigenvalue weighted by Crippen LogP contribution is -2.10. The summed E-state index contributed by atoms with van der Waals surface area (Å²) >= 11 is 0. The quantitative estimate of drug-likeness (QED) is 0.466. The van der Waals surface area contributed by atoms with Crippen LogP contribution in [0.3, 0.4) is 0 Å². The number of rotatable bonds is 9. The van der Waals surface area contributed by atoms with Crippen LogP contribution in [0.5, 0.6) is 0 Å². The fraction of sp³-hybridized carbons (Fsp3) is 0.455. The first-order valence-corrected chi connectivity index (χ1v) is 11.4. The highest BCUT2D eigenvalue weighted by Gasteiger charge is 2.27. The first-order valence-electron chi connectivity index (χ1n) is 9.69. The molecular weight excluding hydrogens is 343 g/mol. The van der Waals surface area contributed by atoms with Crippen LogP contribution in [0, 0.1) is 5.92 Å². The molecule has 0 atom stereocenters. The summed E-state index contributed by atoms with van der Waals surface area (Å²) in [5.41, 5.74) is 2.04. The monoisotopic (exact) mass is 372 g/mol. The molecule has 3 rings (SSSR count). The van der Waals surface area contributed by atoms with Gasteiger partial charge in [0.1, 0.15) is 0 Å². The summed E-state index contributed by atoms with van der Waals surface area (Å²) in [6.45, 7) is 0.662. The van der Waals surface area contributed by atoms with Crippen molar-refractivity contribution in [1.29, 1.82) is 0 Å². The van der Waals surface area contributed by atoms with Crippen LogP contribution in [0.4, 0.5) is 0 Å². The molecule has 0 bridgehead atoms. The van der Waals surface area contributed by atoms with Crippen molar-refractivity contribution in [1.82, 2.24) is 0 Å². The van der Waals surface area contributed by atoms with Gasteiger partial charge in [0, 0.05) is 0 Å². The summed E-state index contributed by atoms with van der Waals surface area (Å²) in [4.78, 5) is 0. The summed E-state index contributed by atoms with van der Waals surface area (Å²) < 4.78 is 25.1. The van der Waals surface area contributed by atoms with E-state index in [1.54, 1.807) is 0 Å². The zero-order chi connectivity index (χ0) is 18.1. The molecule has 1 fully saturated rings. The van der Waals surface area contributed by atoms with E-state index in [1.165, 1.54) is 32.1 Å². The molecular formula is C22H29O3P. The van der Waals surface area contributed by atoms with Gasteiger partial charge in [0.15, 0.2) is 0 Å². The Bertz CT molecular complexity index is 634. The van der Waals surface area contributed by atoms with Crippen LogP contribution in [0.15, 0.2) is 60.7 Å². The molecule has 1 aliphatic carbocycles. The lowest BCUT2D eigenvalue weighted by molar-refractivity contribution is 0.188. The molecule has 140 valence electrons. The van der Waals surface area contributed by atoms with Crippen LogP contribution in [-0.2, 0) is 26.8 Å². The molecule has 0 saturated heterocycles. The molecule has 3 nitrogen and oxygen atoms in total. The average Bonchev–Trinajstić information content (AvgIpc) is 2.72. The molecule has 0 heterocycles. The van der Waals surface area contributed by atoms with Gasteiger partial charge in [-0.2, -0.15) is 0 Å². The van der Waals surface area contributed by atoms with E-state index >= 15 is 0 Å². The molecule has 0 radical (unpaired) electrons. The van der Waals surface area contributed by atoms with Gasteiger partial charge in [-0.05, 0) is 23.5 Å². The molecule has 26 heavy (non-hydrogen) atoms. The lowest BCUT2D eigenvalue weighted by atomic mass is 9.88. The van der Waals surface area contributed by atoms with Gasteiger partial charge < -0.3 is 9.05 Å². The number of hydrogen-bond donors (Lipinski definition) is 0. The Morgan fingerprint density at radius 3 is 1.77 bits per heavy atom. The summed E-state index contributed by atoms with van der Waals surface area (Å²) in [5, 5.41) is 0. The van der Waals surface area contributed by atoms with E-state index in [2.05, 4.69) is 0 Å². The summed E-state index contributed by atoms with van der Waals surface area (Å²) in [5.74, 6) is 0.665. The van der Waals surface area contributed by atoms with E-state index in [0.29, 0.717) is 25.3 Å². The molecule has 0 N–H and O–H groups in total. The van der Waals surface area contributed by atoms with E-state index in [-0.39, 0.29) is 0 Å². The Morgan fingerprint density at radius 1 is 0.769 bits per heavy atom. The Morgan fingerprint density at radius 2 is 1.27 bits per heavy atom. The van der Waals surface area contributed by atoms with Crippen molar-refractivity contribution in [3.05, 3.63) is 71.8 Å². The topological polar surface area (TPSA) is 35.5 Å². The predicted octanol–water partition coefficient (Wildman–Crippen LogP) is 6.58. The molecule has 0 spiro atoms. The van der Waals surface area contributed by atoms with Crippen molar-refractivity contribution in [3.8, 4) is 0 Å². The van der Waals surface area contributed by atoms with E-state index in [0.717, 1.165) is 17.5 Å². The Balaban J connectivity index is 1.59. The maximum Gasteiger partial charge on any atom is 0.331 e. The maximum absolute atomic E-state index is 13.4. The lowest BCUT2D eigenvalue weighted by Gasteiger charge is -2.24. The fourth-order valence-corrected chi connectivity index (χ4v) is 5.18. The molecule has 0 aromatic heterocycles. The van der Waals surface area contributed by atoms with Gasteiger partial charge in [-0.1, -0.05) is 92.8 Å². The van der Waals surface area contributed by atoms with E-state index in [1.807, 2.05) is 60.7 Å². The maximum atomic E-state index is 13.4. The fourth-order valence-electron chi connectivity index (χ4n) is 3.48.